The van der Waals surface area contributed by atoms with E-state index < -0.39 is 21.1 Å². The van der Waals surface area contributed by atoms with Crippen molar-refractivity contribution in [3.05, 3.63) is 69.2 Å². The summed E-state index contributed by atoms with van der Waals surface area (Å²) in [6.45, 7) is 0. The number of rotatable bonds is 3. The zero-order valence-corrected chi connectivity index (χ0v) is 12.0. The monoisotopic (exact) mass is 317 g/mol. The zero-order valence-electron chi connectivity index (χ0n) is 11.2. The molecule has 1 heterocycles. The third-order valence-corrected chi connectivity index (χ3v) is 4.41. The van der Waals surface area contributed by atoms with E-state index in [-0.39, 0.29) is 10.4 Å². The second-order valence-electron chi connectivity index (χ2n) is 4.59. The Morgan fingerprint density at radius 1 is 0.818 bits per heavy atom. The smallest absolute Gasteiger partial charge is 0.314 e. The van der Waals surface area contributed by atoms with Crippen LogP contribution in [0.25, 0.3) is 11.0 Å². The minimum atomic E-state index is -3.79. The molecule has 0 aliphatic heterocycles. The average molecular weight is 317 g/mol. The molecule has 2 aromatic carbocycles. The maximum absolute atomic E-state index is 12.3. The molecule has 3 aromatic rings. The zero-order chi connectivity index (χ0) is 15.7. The highest BCUT2D eigenvalue weighted by Gasteiger charge is 2.15. The number of nitrogens with one attached hydrogen (secondary N) is 3. The number of hydrogen-bond donors (Lipinski definition) is 3. The average Bonchev–Trinajstić information content (AvgIpc) is 2.48. The number of aromatic nitrogens is 2. The van der Waals surface area contributed by atoms with Gasteiger partial charge in [0.1, 0.15) is 0 Å². The fourth-order valence-corrected chi connectivity index (χ4v) is 3.07. The summed E-state index contributed by atoms with van der Waals surface area (Å²) in [5, 5.41) is 0. The predicted octanol–water partition coefficient (Wildman–Crippen LogP) is 1.02. The number of H-pyrrole nitrogens is 2. The molecule has 0 bridgehead atoms. The van der Waals surface area contributed by atoms with E-state index in [1.165, 1.54) is 18.2 Å². The molecule has 0 fully saturated rings. The van der Waals surface area contributed by atoms with Crippen molar-refractivity contribution >= 4 is 26.7 Å². The van der Waals surface area contributed by atoms with Crippen LogP contribution >= 0.6 is 0 Å². The first kappa shape index (κ1) is 14.1. The first-order chi connectivity index (χ1) is 10.5. The molecule has 22 heavy (non-hydrogen) atoms. The van der Waals surface area contributed by atoms with Gasteiger partial charge in [-0.05, 0) is 30.3 Å². The molecule has 0 radical (unpaired) electrons. The summed E-state index contributed by atoms with van der Waals surface area (Å²) in [5.74, 6) is 0. The van der Waals surface area contributed by atoms with Crippen LogP contribution < -0.4 is 15.8 Å². The molecular weight excluding hydrogens is 306 g/mol. The fourth-order valence-electron chi connectivity index (χ4n) is 1.98. The van der Waals surface area contributed by atoms with Gasteiger partial charge in [-0.2, -0.15) is 0 Å². The number of benzene rings is 2. The van der Waals surface area contributed by atoms with Crippen LogP contribution in [0.4, 0.5) is 5.69 Å². The Morgan fingerprint density at radius 2 is 1.45 bits per heavy atom. The van der Waals surface area contributed by atoms with Crippen LogP contribution in [0.1, 0.15) is 0 Å². The number of para-hydroxylation sites is 1. The number of aromatic amines is 2. The highest BCUT2D eigenvalue weighted by Crippen LogP contribution is 2.18. The number of hydrogen-bond acceptors (Lipinski definition) is 4. The van der Waals surface area contributed by atoms with Crippen LogP contribution in [0.2, 0.25) is 0 Å². The topological polar surface area (TPSA) is 112 Å². The standard InChI is InChI=1S/C14H11N3O4S/c18-13-14(19)16-12-8-10(6-7-11(12)15-13)22(20,21)17-9-4-2-1-3-5-9/h1-8,17H,(H,15,18)(H,16,19). The van der Waals surface area contributed by atoms with E-state index in [4.69, 9.17) is 0 Å². The van der Waals surface area contributed by atoms with E-state index in [0.29, 0.717) is 11.2 Å². The van der Waals surface area contributed by atoms with Gasteiger partial charge in [-0.1, -0.05) is 18.2 Å². The van der Waals surface area contributed by atoms with Crippen LogP contribution in [0, 0.1) is 0 Å². The molecule has 0 amide bonds. The molecule has 0 saturated carbocycles. The lowest BCUT2D eigenvalue weighted by Gasteiger charge is -2.08. The van der Waals surface area contributed by atoms with Crippen molar-refractivity contribution in [2.75, 3.05) is 4.72 Å². The van der Waals surface area contributed by atoms with Crippen molar-refractivity contribution in [1.29, 1.82) is 0 Å². The summed E-state index contributed by atoms with van der Waals surface area (Å²) < 4.78 is 27.1. The predicted molar refractivity (Wildman–Crippen MR) is 82.4 cm³/mol. The first-order valence-electron chi connectivity index (χ1n) is 6.30. The molecule has 0 saturated heterocycles. The Morgan fingerprint density at radius 3 is 2.14 bits per heavy atom. The van der Waals surface area contributed by atoms with Gasteiger partial charge in [-0.15, -0.1) is 0 Å². The van der Waals surface area contributed by atoms with Gasteiger partial charge in [0.2, 0.25) is 0 Å². The Hall–Kier alpha value is -2.87. The maximum atomic E-state index is 12.3. The molecule has 7 nitrogen and oxygen atoms in total. The molecule has 0 aliphatic rings. The lowest BCUT2D eigenvalue weighted by atomic mass is 10.3. The molecule has 8 heteroatoms. The fraction of sp³-hybridized carbons (Fsp3) is 0. The van der Waals surface area contributed by atoms with Gasteiger partial charge in [0.25, 0.3) is 10.0 Å². The molecule has 0 atom stereocenters. The molecule has 3 rings (SSSR count). The maximum Gasteiger partial charge on any atom is 0.314 e. The second-order valence-corrected chi connectivity index (χ2v) is 6.27. The number of fused-ring (bicyclic) bond motifs is 1. The second kappa shape index (κ2) is 5.15. The van der Waals surface area contributed by atoms with Gasteiger partial charge in [0.05, 0.1) is 15.9 Å². The van der Waals surface area contributed by atoms with Gasteiger partial charge in [0.15, 0.2) is 0 Å². The van der Waals surface area contributed by atoms with Crippen molar-refractivity contribution in [2.24, 2.45) is 0 Å². The van der Waals surface area contributed by atoms with Crippen LogP contribution in [-0.2, 0) is 10.0 Å². The van der Waals surface area contributed by atoms with Gasteiger partial charge >= 0.3 is 11.1 Å². The van der Waals surface area contributed by atoms with E-state index in [1.807, 2.05) is 0 Å². The minimum absolute atomic E-state index is 0.0217. The van der Waals surface area contributed by atoms with E-state index in [0.717, 1.165) is 0 Å². The van der Waals surface area contributed by atoms with E-state index >= 15 is 0 Å². The van der Waals surface area contributed by atoms with Gasteiger partial charge in [0, 0.05) is 5.69 Å². The molecule has 112 valence electrons. The highest BCUT2D eigenvalue weighted by atomic mass is 32.2. The van der Waals surface area contributed by atoms with E-state index in [2.05, 4.69) is 14.7 Å². The van der Waals surface area contributed by atoms with Crippen molar-refractivity contribution in [2.45, 2.75) is 4.90 Å². The normalized spacial score (nSPS) is 11.5. The summed E-state index contributed by atoms with van der Waals surface area (Å²) in [6, 6.07) is 12.5. The molecular formula is C14H11N3O4S. The third-order valence-electron chi connectivity index (χ3n) is 3.03. The SMILES string of the molecule is O=c1[nH]c2ccc(S(=O)(=O)Nc3ccccc3)cc2[nH]c1=O. The summed E-state index contributed by atoms with van der Waals surface area (Å²) in [4.78, 5) is 27.2. The Bertz CT molecular complexity index is 1050. The summed E-state index contributed by atoms with van der Waals surface area (Å²) in [7, 11) is -3.79. The van der Waals surface area contributed by atoms with Crippen LogP contribution in [0.5, 0.6) is 0 Å². The van der Waals surface area contributed by atoms with E-state index in [1.54, 1.807) is 30.3 Å². The van der Waals surface area contributed by atoms with Gasteiger partial charge in [-0.3, -0.25) is 14.3 Å². The Kier molecular flexibility index (Phi) is 3.30. The van der Waals surface area contributed by atoms with Crippen molar-refractivity contribution in [3.8, 4) is 0 Å². The number of sulfonamides is 1. The Labute approximate surface area is 124 Å². The Balaban J connectivity index is 2.07. The molecule has 3 N–H and O–H groups in total. The summed E-state index contributed by atoms with van der Waals surface area (Å²) in [5.41, 5.74) is -0.607. The lowest BCUT2D eigenvalue weighted by Crippen LogP contribution is -2.29. The summed E-state index contributed by atoms with van der Waals surface area (Å²) >= 11 is 0. The third kappa shape index (κ3) is 2.63. The minimum Gasteiger partial charge on any atom is -0.316 e. The molecule has 0 unspecified atom stereocenters. The lowest BCUT2D eigenvalue weighted by molar-refractivity contribution is 0.601. The molecule has 1 aromatic heterocycles. The van der Waals surface area contributed by atoms with Crippen molar-refractivity contribution in [1.82, 2.24) is 9.97 Å². The van der Waals surface area contributed by atoms with Crippen LogP contribution in [-0.4, -0.2) is 18.4 Å². The first-order valence-corrected chi connectivity index (χ1v) is 7.78. The van der Waals surface area contributed by atoms with E-state index in [9.17, 15) is 18.0 Å². The number of anilines is 1. The van der Waals surface area contributed by atoms with Crippen molar-refractivity contribution < 1.29 is 8.42 Å². The van der Waals surface area contributed by atoms with Gasteiger partial charge in [-0.25, -0.2) is 8.42 Å². The van der Waals surface area contributed by atoms with Crippen LogP contribution in [0.15, 0.2) is 63.0 Å². The molecule has 0 aliphatic carbocycles. The van der Waals surface area contributed by atoms with Gasteiger partial charge < -0.3 is 9.97 Å². The molecule has 0 spiro atoms. The quantitative estimate of drug-likeness (QED) is 0.626. The van der Waals surface area contributed by atoms with Crippen LogP contribution in [0.3, 0.4) is 0 Å². The summed E-state index contributed by atoms with van der Waals surface area (Å²) in [6.07, 6.45) is 0. The highest BCUT2D eigenvalue weighted by molar-refractivity contribution is 7.92. The van der Waals surface area contributed by atoms with Crippen molar-refractivity contribution in [3.63, 3.8) is 0 Å². The largest absolute Gasteiger partial charge is 0.316 e.